The number of hydrogen-bond acceptors (Lipinski definition) is 8. The van der Waals surface area contributed by atoms with Gasteiger partial charge in [-0.1, -0.05) is 0 Å². The van der Waals surface area contributed by atoms with Crippen LogP contribution in [0.5, 0.6) is 0 Å². The highest BCUT2D eigenvalue weighted by Crippen LogP contribution is 2.32. The van der Waals surface area contributed by atoms with Crippen LogP contribution < -0.4 is 15.4 Å². The van der Waals surface area contributed by atoms with Crippen LogP contribution in [0.3, 0.4) is 0 Å². The fourth-order valence-corrected chi connectivity index (χ4v) is 5.21. The Bertz CT molecular complexity index is 1420. The van der Waals surface area contributed by atoms with E-state index in [0.717, 1.165) is 37.4 Å². The summed E-state index contributed by atoms with van der Waals surface area (Å²) in [5.74, 6) is 1.31. The van der Waals surface area contributed by atoms with Crippen LogP contribution >= 0.6 is 0 Å². The standard InChI is InChI=1S/C30H42N8O3/c1-21(36-19-26(32-20-36)25-15-31-16-27(33-25)34(5)6)37-13-11-23(14-28(37)39)35-12-7-8-24(18-35)38(17-22-9-10-22)29(40)41-30(2,3)4/h11,13-16,19-22,24H,7-10,12,17-18H2,1-6H3/t21?,24-/m1/s1. The molecule has 0 aromatic carbocycles. The Morgan fingerprint density at radius 3 is 2.63 bits per heavy atom. The zero-order chi connectivity index (χ0) is 29.3. The van der Waals surface area contributed by atoms with E-state index < -0.39 is 5.60 Å². The summed E-state index contributed by atoms with van der Waals surface area (Å²) in [5.41, 5.74) is 1.61. The van der Waals surface area contributed by atoms with E-state index in [1.807, 2.05) is 74.6 Å². The Morgan fingerprint density at radius 2 is 1.95 bits per heavy atom. The first-order valence-corrected chi connectivity index (χ1v) is 14.5. The number of rotatable bonds is 8. The lowest BCUT2D eigenvalue weighted by Crippen LogP contribution is -2.52. The Kier molecular flexibility index (Phi) is 8.06. The van der Waals surface area contributed by atoms with Gasteiger partial charge < -0.3 is 24.0 Å². The molecular weight excluding hydrogens is 520 g/mol. The molecule has 220 valence electrons. The topological polar surface area (TPSA) is 102 Å². The first-order valence-electron chi connectivity index (χ1n) is 14.5. The van der Waals surface area contributed by atoms with Crippen LogP contribution in [0.2, 0.25) is 0 Å². The number of ether oxygens (including phenoxy) is 1. The number of pyridine rings is 1. The van der Waals surface area contributed by atoms with E-state index >= 15 is 0 Å². The molecular formula is C30H42N8O3. The van der Waals surface area contributed by atoms with Gasteiger partial charge in [-0.15, -0.1) is 0 Å². The predicted octanol–water partition coefficient (Wildman–Crippen LogP) is 4.25. The number of hydrogen-bond donors (Lipinski definition) is 0. The first kappa shape index (κ1) is 28.6. The van der Waals surface area contributed by atoms with Crippen LogP contribution in [-0.2, 0) is 4.74 Å². The number of anilines is 2. The van der Waals surface area contributed by atoms with Crippen molar-refractivity contribution in [2.45, 2.75) is 71.2 Å². The highest BCUT2D eigenvalue weighted by molar-refractivity contribution is 5.69. The van der Waals surface area contributed by atoms with Crippen molar-refractivity contribution in [2.75, 3.05) is 43.5 Å². The van der Waals surface area contributed by atoms with Gasteiger partial charge in [-0.3, -0.25) is 14.3 Å². The maximum absolute atomic E-state index is 13.3. The highest BCUT2D eigenvalue weighted by atomic mass is 16.6. The normalized spacial score (nSPS) is 18.2. The lowest BCUT2D eigenvalue weighted by atomic mass is 10.0. The number of carbonyl (C=O) groups is 1. The molecule has 3 aromatic rings. The Morgan fingerprint density at radius 1 is 1.17 bits per heavy atom. The zero-order valence-electron chi connectivity index (χ0n) is 25.0. The molecule has 0 bridgehead atoms. The van der Waals surface area contributed by atoms with Gasteiger partial charge in [0, 0.05) is 57.9 Å². The fraction of sp³-hybridized carbons (Fsp3) is 0.567. The van der Waals surface area contributed by atoms with Gasteiger partial charge in [-0.05, 0) is 65.4 Å². The minimum absolute atomic E-state index is 0.0547. The molecule has 2 fully saturated rings. The van der Waals surface area contributed by atoms with Crippen LogP contribution in [0, 0.1) is 5.92 Å². The van der Waals surface area contributed by atoms with E-state index in [1.165, 1.54) is 12.8 Å². The lowest BCUT2D eigenvalue weighted by Gasteiger charge is -2.40. The van der Waals surface area contributed by atoms with Crippen molar-refractivity contribution in [3.05, 3.63) is 53.6 Å². The van der Waals surface area contributed by atoms with E-state index in [2.05, 4.69) is 19.9 Å². The van der Waals surface area contributed by atoms with E-state index in [-0.39, 0.29) is 23.9 Å². The largest absolute Gasteiger partial charge is 0.444 e. The maximum Gasteiger partial charge on any atom is 0.410 e. The van der Waals surface area contributed by atoms with Crippen LogP contribution in [0.25, 0.3) is 11.4 Å². The van der Waals surface area contributed by atoms with Crippen LogP contribution in [0.1, 0.15) is 59.5 Å². The van der Waals surface area contributed by atoms with Crippen LogP contribution in [0.4, 0.5) is 16.3 Å². The lowest BCUT2D eigenvalue weighted by molar-refractivity contribution is 0.0134. The van der Waals surface area contributed by atoms with Gasteiger partial charge in [0.1, 0.15) is 29.0 Å². The molecule has 2 aliphatic rings. The monoisotopic (exact) mass is 562 g/mol. The Labute approximate surface area is 241 Å². The molecule has 3 aromatic heterocycles. The molecule has 0 N–H and O–H groups in total. The summed E-state index contributed by atoms with van der Waals surface area (Å²) < 4.78 is 9.36. The molecule has 11 nitrogen and oxygen atoms in total. The van der Waals surface area contributed by atoms with Crippen molar-refractivity contribution in [2.24, 2.45) is 5.92 Å². The number of carbonyl (C=O) groups excluding carboxylic acids is 1. The average molecular weight is 563 g/mol. The number of aromatic nitrogens is 5. The molecule has 1 saturated heterocycles. The number of piperidine rings is 1. The van der Waals surface area contributed by atoms with Gasteiger partial charge in [0.05, 0.1) is 24.8 Å². The molecule has 1 aliphatic carbocycles. The molecule has 2 atom stereocenters. The molecule has 0 spiro atoms. The third kappa shape index (κ3) is 6.89. The van der Waals surface area contributed by atoms with Gasteiger partial charge >= 0.3 is 6.09 Å². The molecule has 41 heavy (non-hydrogen) atoms. The summed E-state index contributed by atoms with van der Waals surface area (Å²) in [6.45, 7) is 9.95. The second kappa shape index (κ2) is 11.5. The van der Waals surface area contributed by atoms with Crippen molar-refractivity contribution in [1.29, 1.82) is 0 Å². The maximum atomic E-state index is 13.3. The predicted molar refractivity (Wildman–Crippen MR) is 159 cm³/mol. The molecule has 0 radical (unpaired) electrons. The van der Waals surface area contributed by atoms with Gasteiger partial charge in [-0.2, -0.15) is 0 Å². The van der Waals surface area contributed by atoms with Crippen molar-refractivity contribution in [3.63, 3.8) is 0 Å². The first-order chi connectivity index (χ1) is 19.5. The van der Waals surface area contributed by atoms with Crippen molar-refractivity contribution in [3.8, 4) is 11.4 Å². The molecule has 1 saturated carbocycles. The van der Waals surface area contributed by atoms with Gasteiger partial charge in [-0.25, -0.2) is 14.8 Å². The second-order valence-electron chi connectivity index (χ2n) is 12.4. The van der Waals surface area contributed by atoms with Crippen LogP contribution in [-0.4, -0.2) is 80.5 Å². The summed E-state index contributed by atoms with van der Waals surface area (Å²) in [5, 5.41) is 0. The SMILES string of the molecule is CC(n1cnc(-c2cncc(N(C)C)n2)c1)n1ccc(N2CCC[C@@H](N(CC3CC3)C(=O)OC(C)(C)C)C2)cc1=O. The minimum Gasteiger partial charge on any atom is -0.444 e. The Balaban J connectivity index is 1.30. The summed E-state index contributed by atoms with van der Waals surface area (Å²) in [6.07, 6.45) is 12.5. The molecule has 11 heteroatoms. The average Bonchev–Trinajstić information content (AvgIpc) is 3.62. The summed E-state index contributed by atoms with van der Waals surface area (Å²) in [7, 11) is 3.83. The third-order valence-electron chi connectivity index (χ3n) is 7.69. The highest BCUT2D eigenvalue weighted by Gasteiger charge is 2.36. The Hall–Kier alpha value is -3.89. The van der Waals surface area contributed by atoms with Crippen LogP contribution in [0.15, 0.2) is 48.0 Å². The third-order valence-corrected chi connectivity index (χ3v) is 7.69. The molecule has 4 heterocycles. The van der Waals surface area contributed by atoms with Crippen molar-refractivity contribution >= 4 is 17.6 Å². The molecule has 1 amide bonds. The van der Waals surface area contributed by atoms with Crippen molar-refractivity contribution < 1.29 is 9.53 Å². The zero-order valence-corrected chi connectivity index (χ0v) is 25.0. The summed E-state index contributed by atoms with van der Waals surface area (Å²) in [4.78, 5) is 45.9. The van der Waals surface area contributed by atoms with E-state index in [9.17, 15) is 9.59 Å². The second-order valence-corrected chi connectivity index (χ2v) is 12.4. The van der Waals surface area contributed by atoms with E-state index in [0.29, 0.717) is 23.9 Å². The van der Waals surface area contributed by atoms with Crippen molar-refractivity contribution in [1.82, 2.24) is 29.0 Å². The number of amides is 1. The van der Waals surface area contributed by atoms with E-state index in [1.54, 1.807) is 29.4 Å². The fourth-order valence-electron chi connectivity index (χ4n) is 5.21. The number of nitrogens with zero attached hydrogens (tertiary/aromatic N) is 8. The molecule has 1 unspecified atom stereocenters. The van der Waals surface area contributed by atoms with E-state index in [4.69, 9.17) is 4.74 Å². The molecule has 5 rings (SSSR count). The van der Waals surface area contributed by atoms with Gasteiger partial charge in [0.25, 0.3) is 5.56 Å². The number of imidazole rings is 1. The smallest absolute Gasteiger partial charge is 0.410 e. The quantitative estimate of drug-likeness (QED) is 0.402. The summed E-state index contributed by atoms with van der Waals surface area (Å²) in [6, 6.07) is 3.74. The van der Waals surface area contributed by atoms with Gasteiger partial charge in [0.2, 0.25) is 0 Å². The van der Waals surface area contributed by atoms with Gasteiger partial charge in [0.15, 0.2) is 0 Å². The molecule has 1 aliphatic heterocycles. The summed E-state index contributed by atoms with van der Waals surface area (Å²) >= 11 is 0. The minimum atomic E-state index is -0.534.